The topological polar surface area (TPSA) is 92.4 Å². The van der Waals surface area contributed by atoms with Crippen molar-refractivity contribution >= 4 is 31.6 Å². The Hall–Kier alpha value is -0.630. The molecule has 0 aliphatic carbocycles. The fraction of sp³-hybridized carbons (Fsp3) is 0.500. The smallest absolute Gasteiger partial charge is 0.242 e. The Kier molecular flexibility index (Phi) is 5.37. The van der Waals surface area contributed by atoms with Gasteiger partial charge in [0.1, 0.15) is 4.90 Å². The van der Waals surface area contributed by atoms with Gasteiger partial charge in [-0.2, -0.15) is 0 Å². The summed E-state index contributed by atoms with van der Waals surface area (Å²) in [5, 5.41) is 8.93. The van der Waals surface area contributed by atoms with E-state index in [4.69, 9.17) is 10.8 Å². The summed E-state index contributed by atoms with van der Waals surface area (Å²) >= 11 is 3.22. The van der Waals surface area contributed by atoms with Gasteiger partial charge >= 0.3 is 0 Å². The molecule has 0 unspecified atom stereocenters. The number of benzene rings is 1. The molecule has 0 radical (unpaired) electrons. The maximum absolute atomic E-state index is 12.2. The van der Waals surface area contributed by atoms with E-state index in [9.17, 15) is 8.42 Å². The van der Waals surface area contributed by atoms with Crippen LogP contribution in [0.5, 0.6) is 0 Å². The Labute approximate surface area is 122 Å². The van der Waals surface area contributed by atoms with Crippen molar-refractivity contribution in [3.8, 4) is 0 Å². The third-order valence-electron chi connectivity index (χ3n) is 2.79. The number of aliphatic hydroxyl groups is 1. The molecule has 1 aromatic rings. The van der Waals surface area contributed by atoms with Crippen LogP contribution in [0.25, 0.3) is 0 Å². The van der Waals surface area contributed by atoms with E-state index in [1.54, 1.807) is 6.07 Å². The highest BCUT2D eigenvalue weighted by molar-refractivity contribution is 9.10. The van der Waals surface area contributed by atoms with Gasteiger partial charge in [0.25, 0.3) is 0 Å². The minimum Gasteiger partial charge on any atom is -0.398 e. The van der Waals surface area contributed by atoms with Crippen molar-refractivity contribution in [3.63, 3.8) is 0 Å². The Balaban J connectivity index is 2.90. The lowest BCUT2D eigenvalue weighted by atomic mass is 9.90. The zero-order valence-corrected chi connectivity index (χ0v) is 13.4. The monoisotopic (exact) mass is 350 g/mol. The van der Waals surface area contributed by atoms with E-state index in [0.29, 0.717) is 10.9 Å². The maximum Gasteiger partial charge on any atom is 0.242 e. The minimum atomic E-state index is -3.65. The number of halogens is 1. The largest absolute Gasteiger partial charge is 0.398 e. The molecular weight excluding hydrogens is 332 g/mol. The fourth-order valence-corrected chi connectivity index (χ4v) is 3.41. The number of sulfonamides is 1. The third kappa shape index (κ3) is 4.76. The lowest BCUT2D eigenvalue weighted by Gasteiger charge is -2.24. The summed E-state index contributed by atoms with van der Waals surface area (Å²) in [6.07, 6.45) is 0.517. The molecule has 0 atom stereocenters. The first kappa shape index (κ1) is 16.4. The Morgan fingerprint density at radius 1 is 1.42 bits per heavy atom. The van der Waals surface area contributed by atoms with E-state index >= 15 is 0 Å². The Morgan fingerprint density at radius 2 is 2.05 bits per heavy atom. The number of nitrogens with one attached hydrogen (secondary N) is 1. The first-order valence-corrected chi connectivity index (χ1v) is 8.11. The molecule has 1 rings (SSSR count). The van der Waals surface area contributed by atoms with Crippen molar-refractivity contribution < 1.29 is 13.5 Å². The summed E-state index contributed by atoms with van der Waals surface area (Å²) in [5.41, 5.74) is 5.58. The first-order valence-electron chi connectivity index (χ1n) is 5.83. The van der Waals surface area contributed by atoms with Crippen LogP contribution in [0.15, 0.2) is 27.6 Å². The number of aliphatic hydroxyl groups excluding tert-OH is 1. The second-order valence-corrected chi connectivity index (χ2v) is 7.80. The lowest BCUT2D eigenvalue weighted by molar-refractivity contribution is 0.213. The van der Waals surface area contributed by atoms with E-state index in [2.05, 4.69) is 20.7 Å². The van der Waals surface area contributed by atoms with Crippen LogP contribution in [0.4, 0.5) is 5.69 Å². The molecule has 1 aromatic carbocycles. The molecule has 0 aromatic heterocycles. The quantitative estimate of drug-likeness (QED) is 0.681. The normalized spacial score (nSPS) is 12.6. The van der Waals surface area contributed by atoms with Crippen molar-refractivity contribution in [2.45, 2.75) is 25.2 Å². The second-order valence-electron chi connectivity index (χ2n) is 5.14. The predicted octanol–water partition coefficient (Wildman–Crippen LogP) is 1.72. The van der Waals surface area contributed by atoms with Gasteiger partial charge in [-0.1, -0.05) is 29.8 Å². The van der Waals surface area contributed by atoms with Crippen LogP contribution >= 0.6 is 15.9 Å². The molecule has 4 N–H and O–H groups in total. The molecule has 0 fully saturated rings. The second kappa shape index (κ2) is 6.21. The number of anilines is 1. The van der Waals surface area contributed by atoms with Crippen LogP contribution in [0.3, 0.4) is 0 Å². The molecule has 0 saturated carbocycles. The van der Waals surface area contributed by atoms with Crippen molar-refractivity contribution in [2.24, 2.45) is 5.41 Å². The van der Waals surface area contributed by atoms with E-state index < -0.39 is 10.0 Å². The molecule has 0 spiro atoms. The molecule has 0 bridgehead atoms. The summed E-state index contributed by atoms with van der Waals surface area (Å²) in [5.74, 6) is 0. The van der Waals surface area contributed by atoms with Gasteiger partial charge in [0.15, 0.2) is 0 Å². The molecule has 19 heavy (non-hydrogen) atoms. The van der Waals surface area contributed by atoms with Crippen molar-refractivity contribution in [2.75, 3.05) is 18.9 Å². The zero-order chi connectivity index (χ0) is 14.7. The highest BCUT2D eigenvalue weighted by Crippen LogP contribution is 2.24. The van der Waals surface area contributed by atoms with Crippen molar-refractivity contribution in [3.05, 3.63) is 22.7 Å². The molecule has 7 heteroatoms. The van der Waals surface area contributed by atoms with Crippen LogP contribution in [0.1, 0.15) is 20.3 Å². The van der Waals surface area contributed by atoms with Gasteiger partial charge in [-0.05, 0) is 30.0 Å². The molecular formula is C12H19BrN2O3S. The Bertz CT molecular complexity index is 544. The first-order chi connectivity index (χ1) is 8.68. The number of nitrogen functional groups attached to an aromatic ring is 1. The van der Waals surface area contributed by atoms with Crippen LogP contribution in [0, 0.1) is 5.41 Å². The highest BCUT2D eigenvalue weighted by atomic mass is 79.9. The summed E-state index contributed by atoms with van der Waals surface area (Å²) in [7, 11) is -3.65. The van der Waals surface area contributed by atoms with Gasteiger partial charge in [-0.3, -0.25) is 0 Å². The Morgan fingerprint density at radius 3 is 2.63 bits per heavy atom. The molecule has 108 valence electrons. The number of hydrogen-bond acceptors (Lipinski definition) is 4. The van der Waals surface area contributed by atoms with Gasteiger partial charge in [0, 0.05) is 17.6 Å². The zero-order valence-electron chi connectivity index (χ0n) is 11.0. The standard InChI is InChI=1S/C12H19BrN2O3S/c1-12(2,5-6-16)8-15-19(17,18)11-7-9(13)3-4-10(11)14/h3-4,7,15-16H,5-6,8,14H2,1-2H3. The summed E-state index contributed by atoms with van der Waals surface area (Å²) in [6, 6.07) is 4.69. The van der Waals surface area contributed by atoms with E-state index in [1.807, 2.05) is 13.8 Å². The van der Waals surface area contributed by atoms with Crippen molar-refractivity contribution in [1.29, 1.82) is 0 Å². The van der Waals surface area contributed by atoms with E-state index in [1.165, 1.54) is 12.1 Å². The van der Waals surface area contributed by atoms with E-state index in [-0.39, 0.29) is 29.1 Å². The predicted molar refractivity (Wildman–Crippen MR) is 79.2 cm³/mol. The average Bonchev–Trinajstić information content (AvgIpc) is 2.30. The molecule has 0 saturated heterocycles. The summed E-state index contributed by atoms with van der Waals surface area (Å²) < 4.78 is 27.5. The third-order valence-corrected chi connectivity index (χ3v) is 4.74. The molecule has 0 heterocycles. The van der Waals surface area contributed by atoms with Crippen LogP contribution in [-0.4, -0.2) is 26.7 Å². The van der Waals surface area contributed by atoms with Gasteiger partial charge in [0.2, 0.25) is 10.0 Å². The summed E-state index contributed by atoms with van der Waals surface area (Å²) in [6.45, 7) is 4.03. The number of nitrogens with two attached hydrogens (primary N) is 1. The molecule has 0 aliphatic rings. The van der Waals surface area contributed by atoms with Gasteiger partial charge in [-0.15, -0.1) is 0 Å². The molecule has 0 aliphatic heterocycles. The SMILES string of the molecule is CC(C)(CCO)CNS(=O)(=O)c1cc(Br)ccc1N. The molecule has 0 amide bonds. The number of rotatable bonds is 6. The minimum absolute atomic E-state index is 0.0216. The summed E-state index contributed by atoms with van der Waals surface area (Å²) in [4.78, 5) is 0.0571. The van der Waals surface area contributed by atoms with Crippen LogP contribution < -0.4 is 10.5 Å². The fourth-order valence-electron chi connectivity index (χ4n) is 1.50. The van der Waals surface area contributed by atoms with Gasteiger partial charge in [0.05, 0.1) is 5.69 Å². The van der Waals surface area contributed by atoms with Gasteiger partial charge < -0.3 is 10.8 Å². The maximum atomic E-state index is 12.2. The van der Waals surface area contributed by atoms with Crippen LogP contribution in [-0.2, 0) is 10.0 Å². The molecule has 5 nitrogen and oxygen atoms in total. The highest BCUT2D eigenvalue weighted by Gasteiger charge is 2.23. The van der Waals surface area contributed by atoms with Gasteiger partial charge in [-0.25, -0.2) is 13.1 Å². The lowest BCUT2D eigenvalue weighted by Crippen LogP contribution is -2.34. The van der Waals surface area contributed by atoms with E-state index in [0.717, 1.165) is 0 Å². The number of hydrogen-bond donors (Lipinski definition) is 3. The van der Waals surface area contributed by atoms with Crippen molar-refractivity contribution in [1.82, 2.24) is 4.72 Å². The average molecular weight is 351 g/mol. The van der Waals surface area contributed by atoms with Crippen LogP contribution in [0.2, 0.25) is 0 Å².